The topological polar surface area (TPSA) is 419 Å². The lowest BCUT2D eigenvalue weighted by Crippen LogP contribution is -2.54. The fourth-order valence-electron chi connectivity index (χ4n) is 15.0. The Bertz CT molecular complexity index is 6290. The minimum Gasteiger partial charge on any atom is -0.497 e. The van der Waals surface area contributed by atoms with E-state index in [1.165, 1.54) is 67.2 Å². The molecule has 8 aromatic rings. The number of hydrogen-bond donors (Lipinski definition) is 9. The summed E-state index contributed by atoms with van der Waals surface area (Å²) < 4.78 is 31.2. The highest BCUT2D eigenvalue weighted by atomic mass is 35.5. The van der Waals surface area contributed by atoms with Gasteiger partial charge in [0.1, 0.15) is 28.7 Å². The average molecular weight is 1770 g/mol. The van der Waals surface area contributed by atoms with Crippen LogP contribution in [0, 0.1) is 47.4 Å². The number of nitrogens with zero attached hydrogens (tertiary/aromatic N) is 5. The standard InChI is InChI=1S/C26H24N4O6.C23H19ClN4O5.C22H19N3O5.C21H16ClN3O4/c1-35-20-7-6-19-15-30(23(32)21(19)14-20)16-26(24(33)27-25(34)28-26)9-8-17-2-4-18(5-3-17)22(31)29-10-12-36-13-11-29;1-25-19(29)17-9-13(3-6-18(17)24)7-8-23(21(31)26-22(32)27-23)12-28-11-14-4-5-15(33-2)10-16(14)20(28)30;1-29-16-5-3-4-14(10-16)8-9-22(20(27)23-21(28)24-22)13-25-12-15-6-7-17(30-2)11-18(15)19(25)26;1-29-15-7-6-14-11-25(18(26)16(14)10-15)12-21(19(27)23-20(28)24-21)9-8-13-4-2-3-5-17(13)22/h2-7,14H,10-13,15-16H2,1H3,(H2,27,28,33,34);3-6,9-10H,11-12H2,1-2H3,(H,25,29)(H2,26,27,31,32);3-7,10-11H,12-13H2,1-2H3,(H2,23,24,27,28);2-7,10H,11-12H2,1H3,(H2,23,24,27,28)/t26-;23-;22-;21-/m1111/s1. The number of imide groups is 4. The van der Waals surface area contributed by atoms with E-state index in [4.69, 9.17) is 51.6 Å². The summed E-state index contributed by atoms with van der Waals surface area (Å²) in [4.78, 5) is 183. The van der Waals surface area contributed by atoms with Gasteiger partial charge in [-0.1, -0.05) is 113 Å². The zero-order chi connectivity index (χ0) is 90.9. The van der Waals surface area contributed by atoms with Crippen molar-refractivity contribution in [2.75, 3.05) is 95.1 Å². The Labute approximate surface area is 741 Å². The van der Waals surface area contributed by atoms with Crippen molar-refractivity contribution in [3.8, 4) is 76.1 Å². The van der Waals surface area contributed by atoms with Crippen molar-refractivity contribution < 1.29 is 95.5 Å². The Morgan fingerprint density at radius 1 is 0.391 bits per heavy atom. The highest BCUT2D eigenvalue weighted by Gasteiger charge is 2.53. The Kier molecular flexibility index (Phi) is 25.8. The van der Waals surface area contributed by atoms with Gasteiger partial charge in [0.15, 0.2) is 0 Å². The number of urea groups is 4. The molecule has 0 bridgehead atoms. The smallest absolute Gasteiger partial charge is 0.323 e. The lowest BCUT2D eigenvalue weighted by atomic mass is 9.98. The summed E-state index contributed by atoms with van der Waals surface area (Å²) >= 11 is 12.2. The maximum Gasteiger partial charge on any atom is 0.323 e. The molecule has 0 aliphatic carbocycles. The predicted octanol–water partition coefficient (Wildman–Crippen LogP) is 5.27. The molecule has 34 nitrogen and oxygen atoms in total. The van der Waals surface area contributed by atoms with Crippen LogP contribution < -0.4 is 71.5 Å². The van der Waals surface area contributed by atoms with Crippen LogP contribution in [0.25, 0.3) is 0 Å². The molecule has 17 rings (SSSR count). The minimum atomic E-state index is -1.66. The van der Waals surface area contributed by atoms with Crippen LogP contribution in [0.3, 0.4) is 0 Å². The third-order valence-electron chi connectivity index (χ3n) is 21.7. The van der Waals surface area contributed by atoms with Crippen LogP contribution in [0.1, 0.15) is 107 Å². The number of halogens is 2. The number of amides is 18. The molecule has 650 valence electrons. The molecule has 36 heteroatoms. The number of hydrogen-bond acceptors (Lipinski definition) is 20. The predicted molar refractivity (Wildman–Crippen MR) is 459 cm³/mol. The summed E-state index contributed by atoms with van der Waals surface area (Å²) in [5, 5.41) is 22.3. The minimum absolute atomic E-state index is 0.0829. The van der Waals surface area contributed by atoms with Gasteiger partial charge in [-0.3, -0.25) is 69.2 Å². The van der Waals surface area contributed by atoms with Crippen molar-refractivity contribution in [2.24, 2.45) is 0 Å². The van der Waals surface area contributed by atoms with E-state index in [1.807, 2.05) is 12.1 Å². The van der Waals surface area contributed by atoms with Crippen molar-refractivity contribution in [2.45, 2.75) is 48.3 Å². The van der Waals surface area contributed by atoms with Gasteiger partial charge in [0, 0.05) is 96.4 Å². The summed E-state index contributed by atoms with van der Waals surface area (Å²) in [6, 6.07) is 43.5. The first kappa shape index (κ1) is 88.4. The first-order valence-electron chi connectivity index (χ1n) is 39.4. The van der Waals surface area contributed by atoms with Gasteiger partial charge in [-0.15, -0.1) is 0 Å². The normalized spacial score (nSPS) is 19.8. The Morgan fingerprint density at radius 2 is 0.734 bits per heavy atom. The molecule has 9 aliphatic heterocycles. The van der Waals surface area contributed by atoms with Gasteiger partial charge in [-0.05, 0) is 144 Å². The highest BCUT2D eigenvalue weighted by molar-refractivity contribution is 6.34. The quantitative estimate of drug-likeness (QED) is 0.0466. The molecule has 5 saturated heterocycles. The van der Waals surface area contributed by atoms with Gasteiger partial charge in [0.25, 0.3) is 59.1 Å². The number of carbonyl (C=O) groups is 14. The molecule has 5 fully saturated rings. The lowest BCUT2D eigenvalue weighted by molar-refractivity contribution is -0.123. The van der Waals surface area contributed by atoms with E-state index in [-0.39, 0.29) is 85.3 Å². The number of rotatable bonds is 15. The number of fused-ring (bicyclic) bond motifs is 4. The van der Waals surface area contributed by atoms with Crippen LogP contribution in [-0.2, 0) is 50.1 Å². The monoisotopic (exact) mass is 1770 g/mol. The third-order valence-corrected chi connectivity index (χ3v) is 22.4. The number of carbonyl (C=O) groups excluding carboxylic acids is 14. The van der Waals surface area contributed by atoms with E-state index < -0.39 is 69.9 Å². The average Bonchev–Trinajstić information content (AvgIpc) is 1.63. The molecule has 18 amide bonds. The second-order valence-corrected chi connectivity index (χ2v) is 30.8. The summed E-state index contributed by atoms with van der Waals surface area (Å²) in [6.07, 6.45) is 0. The number of morpholine rings is 1. The fraction of sp³-hybridized carbons (Fsp3) is 0.239. The molecular formula is C92H78Cl2N14O20. The highest BCUT2D eigenvalue weighted by Crippen LogP contribution is 2.35. The summed E-state index contributed by atoms with van der Waals surface area (Å²) in [7, 11) is 9.10. The third kappa shape index (κ3) is 18.8. The zero-order valence-electron chi connectivity index (χ0n) is 69.2. The Balaban J connectivity index is 0.000000139. The molecular weight excluding hydrogens is 1690 g/mol. The van der Waals surface area contributed by atoms with Gasteiger partial charge in [0.2, 0.25) is 22.2 Å². The molecule has 9 N–H and O–H groups in total. The first-order chi connectivity index (χ1) is 61.5. The lowest BCUT2D eigenvalue weighted by Gasteiger charge is -2.27. The van der Waals surface area contributed by atoms with E-state index in [0.29, 0.717) is 123 Å². The van der Waals surface area contributed by atoms with Crippen molar-refractivity contribution in [1.82, 2.24) is 72.4 Å². The molecule has 9 heterocycles. The van der Waals surface area contributed by atoms with Crippen LogP contribution in [0.4, 0.5) is 19.2 Å². The molecule has 8 aromatic carbocycles. The van der Waals surface area contributed by atoms with Crippen molar-refractivity contribution in [3.63, 3.8) is 0 Å². The van der Waals surface area contributed by atoms with E-state index in [2.05, 4.69) is 95.2 Å². The second-order valence-electron chi connectivity index (χ2n) is 30.0. The van der Waals surface area contributed by atoms with Crippen molar-refractivity contribution >= 4 is 106 Å². The summed E-state index contributed by atoms with van der Waals surface area (Å²) in [5.74, 6) is 21.7. The molecule has 9 aliphatic rings. The summed E-state index contributed by atoms with van der Waals surface area (Å²) in [6.45, 7) is 2.80. The van der Waals surface area contributed by atoms with E-state index in [9.17, 15) is 67.1 Å². The summed E-state index contributed by atoms with van der Waals surface area (Å²) in [5.41, 5.74) is 1.63. The molecule has 0 aromatic heterocycles. The van der Waals surface area contributed by atoms with Gasteiger partial charge < -0.3 is 79.5 Å². The largest absolute Gasteiger partial charge is 0.497 e. The molecule has 0 unspecified atom stereocenters. The van der Waals surface area contributed by atoms with Gasteiger partial charge in [-0.25, -0.2) is 19.2 Å². The molecule has 0 saturated carbocycles. The van der Waals surface area contributed by atoms with Crippen LogP contribution in [0.2, 0.25) is 10.0 Å². The molecule has 0 radical (unpaired) electrons. The van der Waals surface area contributed by atoms with Crippen LogP contribution in [-0.4, -0.2) is 225 Å². The van der Waals surface area contributed by atoms with Crippen LogP contribution in [0.15, 0.2) is 164 Å². The van der Waals surface area contributed by atoms with Gasteiger partial charge >= 0.3 is 24.1 Å². The number of ether oxygens (including phenoxy) is 6. The zero-order valence-corrected chi connectivity index (χ0v) is 70.7. The maximum atomic E-state index is 13.0. The Morgan fingerprint density at radius 3 is 1.09 bits per heavy atom. The molecule has 128 heavy (non-hydrogen) atoms. The van der Waals surface area contributed by atoms with Gasteiger partial charge in [-0.2, -0.15) is 0 Å². The molecule has 0 spiro atoms. The van der Waals surface area contributed by atoms with Crippen LogP contribution >= 0.6 is 23.2 Å². The number of benzene rings is 8. The van der Waals surface area contributed by atoms with Crippen LogP contribution in [0.5, 0.6) is 28.7 Å². The van der Waals surface area contributed by atoms with E-state index >= 15 is 0 Å². The van der Waals surface area contributed by atoms with Gasteiger partial charge in [0.05, 0.1) is 90.6 Å². The number of methoxy groups -OCH3 is 5. The van der Waals surface area contributed by atoms with Crippen molar-refractivity contribution in [3.05, 3.63) is 252 Å². The second kappa shape index (κ2) is 37.3. The molecule has 4 atom stereocenters. The van der Waals surface area contributed by atoms with Crippen molar-refractivity contribution in [1.29, 1.82) is 0 Å². The van der Waals surface area contributed by atoms with E-state index in [1.54, 1.807) is 152 Å². The maximum absolute atomic E-state index is 13.0. The fourth-order valence-corrected chi connectivity index (χ4v) is 15.4. The first-order valence-corrected chi connectivity index (χ1v) is 40.1. The SMILES string of the molecule is CNC(=O)c1cc(C#C[C@]2(CN3Cc4ccc(OC)cc4C3=O)NC(=O)NC2=O)ccc1Cl.COc1ccc2c(c1)C(=O)N(C[C@@]1(C#Cc3ccc(C(=O)N4CCOCC4)cc3)NC(=O)NC1=O)C2.COc1ccc2c(c1)C(=O)N(C[C@@]1(C#Cc3ccccc3Cl)NC(=O)NC1=O)C2.COc1cccc(C#C[C@]2(CN3Cc4ccc(OC)cc4C3=O)NC(=O)NC2=O)c1. The Hall–Kier alpha value is -15.9. The number of nitrogens with one attached hydrogen (secondary N) is 9. The van der Waals surface area contributed by atoms with E-state index in [0.717, 1.165) is 22.3 Å².